The molecule has 0 aromatic carbocycles. The third-order valence-corrected chi connectivity index (χ3v) is 3.39. The SMILES string of the molecule is C=C(CC)CC(NCC)c1snnc1C. The molecule has 0 amide bonds. The van der Waals surface area contributed by atoms with Crippen LogP contribution in [0, 0.1) is 6.92 Å². The fourth-order valence-electron chi connectivity index (χ4n) is 1.49. The lowest BCUT2D eigenvalue weighted by atomic mass is 10.0. The van der Waals surface area contributed by atoms with Crippen LogP contribution in [0.4, 0.5) is 0 Å². The van der Waals surface area contributed by atoms with E-state index in [4.69, 9.17) is 0 Å². The van der Waals surface area contributed by atoms with Gasteiger partial charge in [0.05, 0.1) is 10.6 Å². The summed E-state index contributed by atoms with van der Waals surface area (Å²) >= 11 is 1.49. The van der Waals surface area contributed by atoms with Crippen molar-refractivity contribution in [2.24, 2.45) is 0 Å². The molecule has 1 rings (SSSR count). The Hall–Kier alpha value is -0.740. The second-order valence-electron chi connectivity index (χ2n) is 3.64. The van der Waals surface area contributed by atoms with Crippen molar-refractivity contribution in [1.29, 1.82) is 0 Å². The number of nitrogens with zero attached hydrogens (tertiary/aromatic N) is 2. The van der Waals surface area contributed by atoms with Crippen molar-refractivity contribution in [2.45, 2.75) is 39.7 Å². The van der Waals surface area contributed by atoms with Gasteiger partial charge in [0.1, 0.15) is 0 Å². The molecular formula is C11H19N3S. The van der Waals surface area contributed by atoms with Crippen molar-refractivity contribution >= 4 is 11.5 Å². The standard InChI is InChI=1S/C11H19N3S/c1-5-8(3)7-10(12-6-2)11-9(4)13-14-15-11/h10,12H,3,5-7H2,1-2,4H3. The molecule has 84 valence electrons. The van der Waals surface area contributed by atoms with E-state index in [0.717, 1.165) is 25.1 Å². The molecule has 1 heterocycles. The van der Waals surface area contributed by atoms with Crippen molar-refractivity contribution in [1.82, 2.24) is 14.9 Å². The van der Waals surface area contributed by atoms with Gasteiger partial charge in [-0.3, -0.25) is 0 Å². The quantitative estimate of drug-likeness (QED) is 0.756. The monoisotopic (exact) mass is 225 g/mol. The molecule has 1 N–H and O–H groups in total. The first kappa shape index (κ1) is 12.3. The molecule has 0 radical (unpaired) electrons. The van der Waals surface area contributed by atoms with Gasteiger partial charge in [-0.05, 0) is 37.8 Å². The van der Waals surface area contributed by atoms with Gasteiger partial charge in [0.2, 0.25) is 0 Å². The van der Waals surface area contributed by atoms with Crippen molar-refractivity contribution in [3.05, 3.63) is 22.7 Å². The van der Waals surface area contributed by atoms with Crippen molar-refractivity contribution in [3.63, 3.8) is 0 Å². The van der Waals surface area contributed by atoms with Gasteiger partial charge in [0.25, 0.3) is 0 Å². The molecule has 0 saturated carbocycles. The van der Waals surface area contributed by atoms with E-state index in [1.165, 1.54) is 22.0 Å². The maximum Gasteiger partial charge on any atom is 0.0772 e. The lowest BCUT2D eigenvalue weighted by Crippen LogP contribution is -2.21. The Morgan fingerprint density at radius 1 is 1.53 bits per heavy atom. The highest BCUT2D eigenvalue weighted by molar-refractivity contribution is 7.05. The molecule has 1 unspecified atom stereocenters. The Bertz CT molecular complexity index is 319. The first-order valence-corrected chi connectivity index (χ1v) is 6.15. The highest BCUT2D eigenvalue weighted by atomic mass is 32.1. The average Bonchev–Trinajstić information content (AvgIpc) is 2.63. The van der Waals surface area contributed by atoms with E-state index in [9.17, 15) is 0 Å². The Morgan fingerprint density at radius 3 is 2.73 bits per heavy atom. The summed E-state index contributed by atoms with van der Waals surface area (Å²) in [6.07, 6.45) is 2.02. The molecule has 1 aromatic heterocycles. The largest absolute Gasteiger partial charge is 0.309 e. The van der Waals surface area contributed by atoms with Crippen LogP contribution in [0.25, 0.3) is 0 Å². The smallest absolute Gasteiger partial charge is 0.0772 e. The molecule has 1 atom stereocenters. The minimum Gasteiger partial charge on any atom is -0.309 e. The third kappa shape index (κ3) is 3.39. The van der Waals surface area contributed by atoms with E-state index in [1.54, 1.807) is 0 Å². The van der Waals surface area contributed by atoms with Crippen LogP contribution in [0.3, 0.4) is 0 Å². The zero-order chi connectivity index (χ0) is 11.3. The zero-order valence-electron chi connectivity index (χ0n) is 9.71. The van der Waals surface area contributed by atoms with Crippen LogP contribution in [0.15, 0.2) is 12.2 Å². The van der Waals surface area contributed by atoms with Crippen molar-refractivity contribution in [2.75, 3.05) is 6.54 Å². The minimum atomic E-state index is 0.336. The second-order valence-corrected chi connectivity index (χ2v) is 4.43. The molecule has 1 aromatic rings. The molecule has 0 bridgehead atoms. The molecule has 0 aliphatic heterocycles. The number of nitrogens with one attached hydrogen (secondary N) is 1. The fraction of sp³-hybridized carbons (Fsp3) is 0.636. The lowest BCUT2D eigenvalue weighted by Gasteiger charge is -2.17. The van der Waals surface area contributed by atoms with E-state index in [1.807, 2.05) is 6.92 Å². The summed E-state index contributed by atoms with van der Waals surface area (Å²) in [5.41, 5.74) is 2.31. The highest BCUT2D eigenvalue weighted by Crippen LogP contribution is 2.26. The highest BCUT2D eigenvalue weighted by Gasteiger charge is 2.16. The van der Waals surface area contributed by atoms with Crippen LogP contribution in [0.1, 0.15) is 43.3 Å². The van der Waals surface area contributed by atoms with E-state index in [2.05, 4.69) is 35.3 Å². The number of hydrogen-bond donors (Lipinski definition) is 1. The van der Waals surface area contributed by atoms with Crippen LogP contribution in [0.5, 0.6) is 0 Å². The number of aryl methyl sites for hydroxylation is 1. The zero-order valence-corrected chi connectivity index (χ0v) is 10.5. The van der Waals surface area contributed by atoms with E-state index >= 15 is 0 Å². The topological polar surface area (TPSA) is 37.8 Å². The van der Waals surface area contributed by atoms with Crippen LogP contribution in [0.2, 0.25) is 0 Å². The van der Waals surface area contributed by atoms with E-state index in [-0.39, 0.29) is 0 Å². The molecule has 0 aliphatic carbocycles. The maximum absolute atomic E-state index is 4.06. The number of rotatable bonds is 6. The molecule has 0 spiro atoms. The van der Waals surface area contributed by atoms with Gasteiger partial charge in [-0.25, -0.2) is 0 Å². The summed E-state index contributed by atoms with van der Waals surface area (Å²) in [7, 11) is 0. The first-order chi connectivity index (χ1) is 7.19. The Labute approximate surface area is 95.8 Å². The molecular weight excluding hydrogens is 206 g/mol. The molecule has 0 fully saturated rings. The van der Waals surface area contributed by atoms with Crippen molar-refractivity contribution in [3.8, 4) is 0 Å². The Balaban J connectivity index is 2.74. The summed E-state index contributed by atoms with van der Waals surface area (Å²) in [6.45, 7) is 11.3. The maximum atomic E-state index is 4.06. The molecule has 0 aliphatic rings. The van der Waals surface area contributed by atoms with Gasteiger partial charge in [-0.1, -0.05) is 30.5 Å². The molecule has 0 saturated heterocycles. The van der Waals surface area contributed by atoms with Gasteiger partial charge in [0, 0.05) is 6.04 Å². The summed E-state index contributed by atoms with van der Waals surface area (Å²) in [4.78, 5) is 1.24. The van der Waals surface area contributed by atoms with Gasteiger partial charge in [-0.2, -0.15) is 0 Å². The fourth-order valence-corrected chi connectivity index (χ4v) is 2.21. The van der Waals surface area contributed by atoms with Gasteiger partial charge in [0.15, 0.2) is 0 Å². The summed E-state index contributed by atoms with van der Waals surface area (Å²) in [5.74, 6) is 0. The number of aromatic nitrogens is 2. The summed E-state index contributed by atoms with van der Waals surface area (Å²) in [6, 6.07) is 0.336. The summed E-state index contributed by atoms with van der Waals surface area (Å²) in [5, 5.41) is 7.51. The van der Waals surface area contributed by atoms with E-state index < -0.39 is 0 Å². The molecule has 4 heteroatoms. The number of hydrogen-bond acceptors (Lipinski definition) is 4. The normalized spacial score (nSPS) is 12.7. The Morgan fingerprint density at radius 2 is 2.27 bits per heavy atom. The van der Waals surface area contributed by atoms with Crippen LogP contribution in [-0.2, 0) is 0 Å². The average molecular weight is 225 g/mol. The molecule has 3 nitrogen and oxygen atoms in total. The predicted octanol–water partition coefficient (Wildman–Crippen LogP) is 2.85. The van der Waals surface area contributed by atoms with E-state index in [0.29, 0.717) is 6.04 Å². The van der Waals surface area contributed by atoms with Gasteiger partial charge in [-0.15, -0.1) is 5.10 Å². The Kier molecular flexibility index (Phi) is 4.91. The summed E-state index contributed by atoms with van der Waals surface area (Å²) < 4.78 is 3.98. The predicted molar refractivity (Wildman–Crippen MR) is 65.1 cm³/mol. The second kappa shape index (κ2) is 5.98. The van der Waals surface area contributed by atoms with Gasteiger partial charge < -0.3 is 5.32 Å². The molecule has 15 heavy (non-hydrogen) atoms. The van der Waals surface area contributed by atoms with Gasteiger partial charge >= 0.3 is 0 Å². The van der Waals surface area contributed by atoms with Crippen LogP contribution >= 0.6 is 11.5 Å². The third-order valence-electron chi connectivity index (χ3n) is 2.45. The van der Waals surface area contributed by atoms with Crippen molar-refractivity contribution < 1.29 is 0 Å². The van der Waals surface area contributed by atoms with Crippen LogP contribution < -0.4 is 5.32 Å². The van der Waals surface area contributed by atoms with Crippen LogP contribution in [-0.4, -0.2) is 16.1 Å². The lowest BCUT2D eigenvalue weighted by molar-refractivity contribution is 0.548. The first-order valence-electron chi connectivity index (χ1n) is 5.37. The minimum absolute atomic E-state index is 0.336.